The van der Waals surface area contributed by atoms with Crippen molar-refractivity contribution >= 4 is 53.3 Å². The fourth-order valence-corrected chi connectivity index (χ4v) is 11.9. The Morgan fingerprint density at radius 1 is 0.387 bits per heavy atom. The Balaban J connectivity index is 1.01. The highest BCUT2D eigenvalue weighted by Gasteiger charge is 2.44. The minimum absolute atomic E-state index is 0.0659. The van der Waals surface area contributed by atoms with Gasteiger partial charge in [-0.3, -0.25) is 0 Å². The van der Waals surface area contributed by atoms with Gasteiger partial charge < -0.3 is 4.57 Å². The zero-order valence-electron chi connectivity index (χ0n) is 34.1. The van der Waals surface area contributed by atoms with Crippen LogP contribution < -0.4 is 0 Å². The van der Waals surface area contributed by atoms with Crippen LogP contribution in [0.25, 0.3) is 104 Å². The van der Waals surface area contributed by atoms with Crippen molar-refractivity contribution in [1.82, 2.24) is 19.5 Å². The van der Waals surface area contributed by atoms with Crippen molar-refractivity contribution < 1.29 is 0 Å². The Morgan fingerprint density at radius 2 is 1.02 bits per heavy atom. The number of aromatic nitrogens is 4. The molecule has 0 atom stereocenters. The molecule has 0 saturated heterocycles. The van der Waals surface area contributed by atoms with E-state index in [-0.39, 0.29) is 5.41 Å². The summed E-state index contributed by atoms with van der Waals surface area (Å²) in [5.41, 5.74) is 14.7. The van der Waals surface area contributed by atoms with Crippen molar-refractivity contribution in [3.05, 3.63) is 193 Å². The van der Waals surface area contributed by atoms with Crippen LogP contribution in [0.5, 0.6) is 0 Å². The number of thiophene rings is 1. The molecular weight excluding hydrogens is 773 g/mol. The molecule has 0 aliphatic heterocycles. The highest BCUT2D eigenvalue weighted by Crippen LogP contribution is 2.57. The molecule has 2 aliphatic rings. The molecule has 0 unspecified atom stereocenters. The Kier molecular flexibility index (Phi) is 7.98. The zero-order valence-corrected chi connectivity index (χ0v) is 34.9. The average Bonchev–Trinajstić information content (AvgIpc) is 3.96. The first-order chi connectivity index (χ1) is 30.7. The van der Waals surface area contributed by atoms with Crippen molar-refractivity contribution in [2.45, 2.75) is 37.5 Å². The average molecular weight is 813 g/mol. The monoisotopic (exact) mass is 812 g/mol. The topological polar surface area (TPSA) is 43.6 Å². The van der Waals surface area contributed by atoms with E-state index in [1.165, 1.54) is 102 Å². The van der Waals surface area contributed by atoms with Crippen molar-refractivity contribution in [3.8, 4) is 62.1 Å². The molecule has 4 nitrogen and oxygen atoms in total. The molecular formula is C57H40N4S. The van der Waals surface area contributed by atoms with Gasteiger partial charge in [-0.15, -0.1) is 11.3 Å². The molecule has 0 radical (unpaired) electrons. The molecule has 0 N–H and O–H groups in total. The molecule has 3 aromatic heterocycles. The normalized spacial score (nSPS) is 14.3. The summed E-state index contributed by atoms with van der Waals surface area (Å²) in [7, 11) is 0. The van der Waals surface area contributed by atoms with Gasteiger partial charge in [0, 0.05) is 58.7 Å². The molecule has 8 aromatic carbocycles. The Bertz CT molecular complexity index is 3500. The van der Waals surface area contributed by atoms with Gasteiger partial charge >= 0.3 is 0 Å². The highest BCUT2D eigenvalue weighted by atomic mass is 32.1. The van der Waals surface area contributed by atoms with E-state index >= 15 is 0 Å². The number of fused-ring (bicyclic) bond motifs is 11. The van der Waals surface area contributed by atoms with Crippen LogP contribution in [0.3, 0.4) is 0 Å². The molecule has 1 saturated carbocycles. The van der Waals surface area contributed by atoms with E-state index in [0.29, 0.717) is 17.5 Å². The standard InChI is InChI=1S/C57H40N4S/c1-4-15-36(16-5-1)54-58-55(37-17-6-2-7-18-37)60-56(59-54)40-20-14-19-38(31-40)39-25-28-50-46(32-39)47-34-49-45(42-21-8-10-23-48(42)57(49)29-12-3-13-30-57)35-51(47)61(50)41-26-27-44-43-22-9-11-24-52(43)62-53(44)33-41/h1-2,4-11,14-28,31-35H,3,12-13,29-30H2. The quantitative estimate of drug-likeness (QED) is 0.174. The first-order valence-electron chi connectivity index (χ1n) is 21.8. The first-order valence-corrected chi connectivity index (χ1v) is 22.6. The van der Waals surface area contributed by atoms with Crippen LogP contribution in [0.4, 0.5) is 0 Å². The maximum absolute atomic E-state index is 5.06. The summed E-state index contributed by atoms with van der Waals surface area (Å²) in [4.78, 5) is 15.1. The van der Waals surface area contributed by atoms with Crippen LogP contribution >= 0.6 is 11.3 Å². The maximum atomic E-state index is 5.06. The van der Waals surface area contributed by atoms with Crippen molar-refractivity contribution in [2.75, 3.05) is 0 Å². The van der Waals surface area contributed by atoms with Gasteiger partial charge in [0.2, 0.25) is 0 Å². The number of hydrogen-bond donors (Lipinski definition) is 0. The third kappa shape index (κ3) is 5.48. The van der Waals surface area contributed by atoms with Gasteiger partial charge in [0.15, 0.2) is 17.5 Å². The Labute approximate surface area is 363 Å². The lowest BCUT2D eigenvalue weighted by molar-refractivity contribution is 0.353. The van der Waals surface area contributed by atoms with Gasteiger partial charge in [0.25, 0.3) is 0 Å². The summed E-state index contributed by atoms with van der Waals surface area (Å²) >= 11 is 1.88. The van der Waals surface area contributed by atoms with E-state index in [1.54, 1.807) is 0 Å². The second kappa shape index (κ2) is 13.9. The van der Waals surface area contributed by atoms with Gasteiger partial charge in [-0.05, 0) is 94.8 Å². The molecule has 1 spiro atoms. The summed E-state index contributed by atoms with van der Waals surface area (Å²) in [6, 6.07) is 66.3. The summed E-state index contributed by atoms with van der Waals surface area (Å²) in [6.45, 7) is 0. The molecule has 13 rings (SSSR count). The first kappa shape index (κ1) is 35.5. The van der Waals surface area contributed by atoms with Crippen LogP contribution in [0, 0.1) is 0 Å². The van der Waals surface area contributed by atoms with E-state index < -0.39 is 0 Å². The third-order valence-corrected chi connectivity index (χ3v) is 14.8. The molecule has 0 amide bonds. The van der Waals surface area contributed by atoms with Crippen molar-refractivity contribution in [2.24, 2.45) is 0 Å². The number of hydrogen-bond acceptors (Lipinski definition) is 4. The second-order valence-corrected chi connectivity index (χ2v) is 18.2. The van der Waals surface area contributed by atoms with E-state index in [1.807, 2.05) is 47.7 Å². The lowest BCUT2D eigenvalue weighted by Gasteiger charge is -2.36. The van der Waals surface area contributed by atoms with Gasteiger partial charge in [-0.25, -0.2) is 15.0 Å². The van der Waals surface area contributed by atoms with Gasteiger partial charge in [-0.2, -0.15) is 0 Å². The van der Waals surface area contributed by atoms with Gasteiger partial charge in [0.1, 0.15) is 0 Å². The molecule has 62 heavy (non-hydrogen) atoms. The van der Waals surface area contributed by atoms with Crippen LogP contribution in [0.2, 0.25) is 0 Å². The fraction of sp³-hybridized carbons (Fsp3) is 0.105. The maximum Gasteiger partial charge on any atom is 0.164 e. The van der Waals surface area contributed by atoms with Crippen molar-refractivity contribution in [1.29, 1.82) is 0 Å². The number of benzene rings is 8. The molecule has 1 fully saturated rings. The second-order valence-electron chi connectivity index (χ2n) is 17.1. The molecule has 2 aliphatic carbocycles. The van der Waals surface area contributed by atoms with Crippen LogP contribution in [0.15, 0.2) is 182 Å². The summed E-state index contributed by atoms with van der Waals surface area (Å²) in [5, 5.41) is 5.21. The van der Waals surface area contributed by atoms with E-state index in [9.17, 15) is 0 Å². The largest absolute Gasteiger partial charge is 0.309 e. The predicted octanol–water partition coefficient (Wildman–Crippen LogP) is 15.2. The molecule has 294 valence electrons. The molecule has 0 bridgehead atoms. The lowest BCUT2D eigenvalue weighted by atomic mass is 9.68. The molecule has 5 heteroatoms. The van der Waals surface area contributed by atoms with E-state index in [4.69, 9.17) is 15.0 Å². The van der Waals surface area contributed by atoms with Crippen LogP contribution in [-0.4, -0.2) is 19.5 Å². The fourth-order valence-electron chi connectivity index (χ4n) is 10.7. The predicted molar refractivity (Wildman–Crippen MR) is 258 cm³/mol. The number of nitrogens with zero attached hydrogens (tertiary/aromatic N) is 4. The van der Waals surface area contributed by atoms with Crippen LogP contribution in [-0.2, 0) is 5.41 Å². The van der Waals surface area contributed by atoms with E-state index in [2.05, 4.69) is 150 Å². The van der Waals surface area contributed by atoms with Crippen LogP contribution in [0.1, 0.15) is 43.2 Å². The highest BCUT2D eigenvalue weighted by molar-refractivity contribution is 7.25. The molecule has 11 aromatic rings. The SMILES string of the molecule is c1ccc(-c2nc(-c3ccccc3)nc(-c3cccc(-c4ccc5c(c4)c4cc6c(cc4n5-c4ccc5c(c4)sc4ccccc45)-c4ccccc4C64CCCCC4)c3)n2)cc1. The van der Waals surface area contributed by atoms with Gasteiger partial charge in [-0.1, -0.05) is 153 Å². The Hall–Kier alpha value is -7.21. The third-order valence-electron chi connectivity index (χ3n) is 13.6. The minimum atomic E-state index is 0.0659. The smallest absolute Gasteiger partial charge is 0.164 e. The summed E-state index contributed by atoms with van der Waals surface area (Å²) in [6.07, 6.45) is 6.26. The van der Waals surface area contributed by atoms with Crippen molar-refractivity contribution in [3.63, 3.8) is 0 Å². The Morgan fingerprint density at radius 3 is 1.81 bits per heavy atom. The molecule has 3 heterocycles. The van der Waals surface area contributed by atoms with E-state index in [0.717, 1.165) is 27.8 Å². The summed E-state index contributed by atoms with van der Waals surface area (Å²) < 4.78 is 5.15. The van der Waals surface area contributed by atoms with Gasteiger partial charge in [0.05, 0.1) is 11.0 Å². The zero-order chi connectivity index (χ0) is 40.8. The summed E-state index contributed by atoms with van der Waals surface area (Å²) in [5.74, 6) is 1.98. The minimum Gasteiger partial charge on any atom is -0.309 e. The number of rotatable bonds is 5. The lowest BCUT2D eigenvalue weighted by Crippen LogP contribution is -2.27.